The number of ether oxygens (including phenoxy) is 2. The summed E-state index contributed by atoms with van der Waals surface area (Å²) in [5, 5.41) is 14.7. The maximum absolute atomic E-state index is 13.0. The molecule has 1 aromatic rings. The van der Waals surface area contributed by atoms with Crippen molar-refractivity contribution in [3.63, 3.8) is 0 Å². The molecule has 1 aliphatic rings. The molecular formula is C20H25N3O6. The van der Waals surface area contributed by atoms with Crippen LogP contribution in [0.15, 0.2) is 46.8 Å². The first-order valence-corrected chi connectivity index (χ1v) is 9.00. The van der Waals surface area contributed by atoms with Crippen molar-refractivity contribution < 1.29 is 24.0 Å². The summed E-state index contributed by atoms with van der Waals surface area (Å²) in [6, 6.07) is 6.09. The summed E-state index contributed by atoms with van der Waals surface area (Å²) in [7, 11) is 4.65. The molecule has 0 saturated carbocycles. The molecule has 0 saturated heterocycles. The van der Waals surface area contributed by atoms with E-state index in [1.54, 1.807) is 46.1 Å². The summed E-state index contributed by atoms with van der Waals surface area (Å²) in [5.74, 6) is -1.96. The minimum Gasteiger partial charge on any atom is -0.460 e. The molecule has 0 aromatic heterocycles. The normalized spacial score (nSPS) is 16.4. The third-order valence-electron chi connectivity index (χ3n) is 4.58. The second-order valence-electron chi connectivity index (χ2n) is 6.78. The van der Waals surface area contributed by atoms with Crippen molar-refractivity contribution in [3.8, 4) is 0 Å². The first-order valence-electron chi connectivity index (χ1n) is 9.00. The Balaban J connectivity index is 2.69. The fraction of sp³-hybridized carbons (Fsp3) is 0.400. The molecular weight excluding hydrogens is 378 g/mol. The molecule has 0 aliphatic carbocycles. The number of para-hydroxylation sites is 1. The van der Waals surface area contributed by atoms with Crippen molar-refractivity contribution in [2.45, 2.75) is 19.8 Å². The van der Waals surface area contributed by atoms with Gasteiger partial charge in [0.05, 0.1) is 23.0 Å². The van der Waals surface area contributed by atoms with Crippen LogP contribution in [0.1, 0.15) is 25.3 Å². The molecule has 1 amide bonds. The number of allylic oxidation sites excluding steroid dienone is 2. The molecule has 0 bridgehead atoms. The van der Waals surface area contributed by atoms with Gasteiger partial charge >= 0.3 is 5.97 Å². The summed E-state index contributed by atoms with van der Waals surface area (Å²) in [6.07, 6.45) is 0. The van der Waals surface area contributed by atoms with E-state index >= 15 is 0 Å². The monoisotopic (exact) mass is 403 g/mol. The SMILES string of the molecule is COCCOC(=O)C1=C(C)NC(C)=C(C(=O)N(C)C)C1c1ccccc1[N+](=O)[O-]. The topological polar surface area (TPSA) is 111 Å². The van der Waals surface area contributed by atoms with E-state index in [9.17, 15) is 19.7 Å². The first kappa shape index (κ1) is 22.1. The van der Waals surface area contributed by atoms with Crippen LogP contribution in [0.25, 0.3) is 0 Å². The van der Waals surface area contributed by atoms with Crippen LogP contribution in [0.2, 0.25) is 0 Å². The van der Waals surface area contributed by atoms with Crippen LogP contribution in [0.5, 0.6) is 0 Å². The molecule has 29 heavy (non-hydrogen) atoms. The van der Waals surface area contributed by atoms with E-state index < -0.39 is 16.8 Å². The van der Waals surface area contributed by atoms with Crippen LogP contribution in [0, 0.1) is 10.1 Å². The minimum absolute atomic E-state index is 0.0232. The number of hydrogen-bond acceptors (Lipinski definition) is 7. The number of hydrogen-bond donors (Lipinski definition) is 1. The highest BCUT2D eigenvalue weighted by molar-refractivity contribution is 6.02. The van der Waals surface area contributed by atoms with Crippen molar-refractivity contribution in [1.29, 1.82) is 0 Å². The molecule has 1 aromatic carbocycles. The van der Waals surface area contributed by atoms with Crippen molar-refractivity contribution in [3.05, 3.63) is 62.5 Å². The number of carbonyl (C=O) groups excluding carboxylic acids is 2. The third-order valence-corrected chi connectivity index (χ3v) is 4.58. The standard InChI is InChI=1S/C20H25N3O6/c1-12-16(19(24)22(3)4)18(14-8-6-7-9-15(14)23(26)27)17(13(2)21-12)20(25)29-11-10-28-5/h6-9,18,21H,10-11H2,1-5H3. The summed E-state index contributed by atoms with van der Waals surface area (Å²) in [5.41, 5.74) is 1.49. The Kier molecular flexibility index (Phi) is 7.11. The Labute approximate surface area is 169 Å². The number of carbonyl (C=O) groups is 2. The van der Waals surface area contributed by atoms with Gasteiger partial charge in [0, 0.05) is 49.8 Å². The Bertz CT molecular complexity index is 888. The number of dihydropyridines is 1. The van der Waals surface area contributed by atoms with Gasteiger partial charge in [-0.2, -0.15) is 0 Å². The molecule has 0 fully saturated rings. The highest BCUT2D eigenvalue weighted by Gasteiger charge is 2.40. The predicted molar refractivity (Wildman–Crippen MR) is 106 cm³/mol. The van der Waals surface area contributed by atoms with Crippen molar-refractivity contribution in [2.24, 2.45) is 0 Å². The zero-order valence-corrected chi connectivity index (χ0v) is 17.1. The van der Waals surface area contributed by atoms with Gasteiger partial charge < -0.3 is 19.7 Å². The second kappa shape index (κ2) is 9.33. The Morgan fingerprint density at radius 3 is 2.34 bits per heavy atom. The fourth-order valence-electron chi connectivity index (χ4n) is 3.29. The van der Waals surface area contributed by atoms with Crippen LogP contribution in [-0.2, 0) is 19.1 Å². The van der Waals surface area contributed by atoms with Crippen molar-refractivity contribution in [1.82, 2.24) is 10.2 Å². The zero-order chi connectivity index (χ0) is 21.7. The molecule has 9 nitrogen and oxygen atoms in total. The minimum atomic E-state index is -0.942. The first-order chi connectivity index (χ1) is 13.7. The summed E-state index contributed by atoms with van der Waals surface area (Å²) >= 11 is 0. The average molecular weight is 403 g/mol. The number of nitrogens with one attached hydrogen (secondary N) is 1. The van der Waals surface area contributed by atoms with E-state index in [-0.39, 0.29) is 41.5 Å². The van der Waals surface area contributed by atoms with E-state index in [0.29, 0.717) is 11.4 Å². The van der Waals surface area contributed by atoms with Crippen molar-refractivity contribution >= 4 is 17.6 Å². The van der Waals surface area contributed by atoms with E-state index in [4.69, 9.17) is 9.47 Å². The molecule has 2 rings (SSSR count). The quantitative estimate of drug-likeness (QED) is 0.321. The maximum Gasteiger partial charge on any atom is 0.336 e. The van der Waals surface area contributed by atoms with Crippen LogP contribution in [0.3, 0.4) is 0 Å². The number of rotatable bonds is 7. The number of esters is 1. The molecule has 9 heteroatoms. The van der Waals surface area contributed by atoms with Crippen LogP contribution >= 0.6 is 0 Å². The Morgan fingerprint density at radius 2 is 1.76 bits per heavy atom. The van der Waals surface area contributed by atoms with E-state index in [0.717, 1.165) is 0 Å². The molecule has 156 valence electrons. The number of amides is 1. The number of methoxy groups -OCH3 is 1. The van der Waals surface area contributed by atoms with Gasteiger partial charge in [0.15, 0.2) is 0 Å². The number of nitrogens with zero attached hydrogens (tertiary/aromatic N) is 2. The molecule has 1 N–H and O–H groups in total. The molecule has 1 heterocycles. The molecule has 0 spiro atoms. The summed E-state index contributed by atoms with van der Waals surface area (Å²) in [4.78, 5) is 38.4. The lowest BCUT2D eigenvalue weighted by atomic mass is 9.79. The van der Waals surface area contributed by atoms with E-state index in [1.807, 2.05) is 0 Å². The summed E-state index contributed by atoms with van der Waals surface area (Å²) in [6.45, 7) is 3.61. The van der Waals surface area contributed by atoms with Gasteiger partial charge in [-0.25, -0.2) is 4.79 Å². The third kappa shape index (κ3) is 4.62. The summed E-state index contributed by atoms with van der Waals surface area (Å²) < 4.78 is 10.2. The van der Waals surface area contributed by atoms with Gasteiger partial charge in [-0.05, 0) is 13.8 Å². The number of nitro groups is 1. The molecule has 1 unspecified atom stereocenters. The zero-order valence-electron chi connectivity index (χ0n) is 17.1. The number of likely N-dealkylation sites (N-methyl/N-ethyl adjacent to an activating group) is 1. The number of nitro benzene ring substituents is 1. The van der Waals surface area contributed by atoms with Gasteiger partial charge in [-0.1, -0.05) is 18.2 Å². The predicted octanol–water partition coefficient (Wildman–Crippen LogP) is 2.11. The van der Waals surface area contributed by atoms with Crippen molar-refractivity contribution in [2.75, 3.05) is 34.4 Å². The van der Waals surface area contributed by atoms with Gasteiger partial charge in [-0.15, -0.1) is 0 Å². The van der Waals surface area contributed by atoms with Gasteiger partial charge in [-0.3, -0.25) is 14.9 Å². The second-order valence-corrected chi connectivity index (χ2v) is 6.78. The molecule has 0 radical (unpaired) electrons. The smallest absolute Gasteiger partial charge is 0.336 e. The molecule has 1 aliphatic heterocycles. The lowest BCUT2D eigenvalue weighted by Gasteiger charge is -2.31. The largest absolute Gasteiger partial charge is 0.460 e. The fourth-order valence-corrected chi connectivity index (χ4v) is 3.29. The van der Waals surface area contributed by atoms with Crippen LogP contribution in [-0.4, -0.2) is 56.1 Å². The number of benzene rings is 1. The van der Waals surface area contributed by atoms with E-state index in [1.165, 1.54) is 18.1 Å². The molecule has 1 atom stereocenters. The van der Waals surface area contributed by atoms with Gasteiger partial charge in [0.1, 0.15) is 6.61 Å². The maximum atomic E-state index is 13.0. The van der Waals surface area contributed by atoms with Crippen LogP contribution < -0.4 is 5.32 Å². The highest BCUT2D eigenvalue weighted by Crippen LogP contribution is 2.42. The average Bonchev–Trinajstić information content (AvgIpc) is 2.66. The van der Waals surface area contributed by atoms with Gasteiger partial charge in [0.2, 0.25) is 0 Å². The Morgan fingerprint density at radius 1 is 1.14 bits per heavy atom. The van der Waals surface area contributed by atoms with E-state index in [2.05, 4.69) is 5.32 Å². The lowest BCUT2D eigenvalue weighted by Crippen LogP contribution is -2.36. The van der Waals surface area contributed by atoms with Crippen LogP contribution in [0.4, 0.5) is 5.69 Å². The van der Waals surface area contributed by atoms with Gasteiger partial charge in [0.25, 0.3) is 11.6 Å². The lowest BCUT2D eigenvalue weighted by molar-refractivity contribution is -0.385. The highest BCUT2D eigenvalue weighted by atomic mass is 16.6. The Hall–Kier alpha value is -3.20.